The Kier molecular flexibility index (Phi) is 4.08. The standard InChI is InChI=1S/C11H16O4/c1-12-10-8-6-5-7-9(10)11(13-2,14-3)15-4/h5-8H,1-4H3. The van der Waals surface area contributed by atoms with E-state index in [-0.39, 0.29) is 0 Å². The second kappa shape index (κ2) is 5.11. The van der Waals surface area contributed by atoms with Gasteiger partial charge in [0, 0.05) is 21.3 Å². The number of benzene rings is 1. The molecule has 0 aliphatic rings. The fraction of sp³-hybridized carbons (Fsp3) is 0.455. The zero-order chi connectivity index (χ0) is 11.3. The minimum Gasteiger partial charge on any atom is -0.496 e. The summed E-state index contributed by atoms with van der Waals surface area (Å²) < 4.78 is 20.9. The molecule has 15 heavy (non-hydrogen) atoms. The lowest BCUT2D eigenvalue weighted by Crippen LogP contribution is -2.33. The molecule has 0 saturated heterocycles. The van der Waals surface area contributed by atoms with Gasteiger partial charge in [0.25, 0.3) is 0 Å². The first-order valence-electron chi connectivity index (χ1n) is 4.53. The lowest BCUT2D eigenvalue weighted by molar-refractivity contribution is -0.365. The minimum atomic E-state index is -1.22. The lowest BCUT2D eigenvalue weighted by atomic mass is 10.1. The molecule has 0 amide bonds. The predicted molar refractivity (Wildman–Crippen MR) is 55.7 cm³/mol. The van der Waals surface area contributed by atoms with Crippen LogP contribution in [0, 0.1) is 0 Å². The monoisotopic (exact) mass is 212 g/mol. The summed E-state index contributed by atoms with van der Waals surface area (Å²) in [5, 5.41) is 0. The Bertz CT molecular complexity index is 299. The van der Waals surface area contributed by atoms with E-state index in [4.69, 9.17) is 18.9 Å². The SMILES string of the molecule is COc1ccccc1C(OC)(OC)OC. The molecule has 0 aromatic heterocycles. The number of hydrogen-bond acceptors (Lipinski definition) is 4. The molecule has 4 heteroatoms. The molecule has 1 rings (SSSR count). The van der Waals surface area contributed by atoms with Crippen molar-refractivity contribution in [1.29, 1.82) is 0 Å². The van der Waals surface area contributed by atoms with Gasteiger partial charge in [0.05, 0.1) is 12.7 Å². The fourth-order valence-corrected chi connectivity index (χ4v) is 1.48. The van der Waals surface area contributed by atoms with E-state index in [0.717, 1.165) is 0 Å². The van der Waals surface area contributed by atoms with E-state index < -0.39 is 5.97 Å². The Balaban J connectivity index is 3.21. The highest BCUT2D eigenvalue weighted by Crippen LogP contribution is 2.33. The van der Waals surface area contributed by atoms with Crippen LogP contribution in [-0.4, -0.2) is 28.4 Å². The number of para-hydroxylation sites is 1. The zero-order valence-electron chi connectivity index (χ0n) is 9.44. The summed E-state index contributed by atoms with van der Waals surface area (Å²) in [7, 11) is 6.13. The summed E-state index contributed by atoms with van der Waals surface area (Å²) in [6, 6.07) is 7.38. The van der Waals surface area contributed by atoms with E-state index in [1.54, 1.807) is 7.11 Å². The van der Waals surface area contributed by atoms with E-state index in [2.05, 4.69) is 0 Å². The van der Waals surface area contributed by atoms with Crippen LogP contribution in [0.2, 0.25) is 0 Å². The average molecular weight is 212 g/mol. The molecule has 1 aromatic rings. The maximum Gasteiger partial charge on any atom is 0.314 e. The maximum absolute atomic E-state index is 5.24. The molecule has 0 unspecified atom stereocenters. The van der Waals surface area contributed by atoms with Gasteiger partial charge in [0.15, 0.2) is 0 Å². The van der Waals surface area contributed by atoms with Crippen molar-refractivity contribution in [2.45, 2.75) is 5.97 Å². The molecular formula is C11H16O4. The van der Waals surface area contributed by atoms with E-state index in [1.807, 2.05) is 24.3 Å². The van der Waals surface area contributed by atoms with Crippen LogP contribution in [0.5, 0.6) is 5.75 Å². The van der Waals surface area contributed by atoms with Crippen LogP contribution in [0.4, 0.5) is 0 Å². The second-order valence-electron chi connectivity index (χ2n) is 2.87. The van der Waals surface area contributed by atoms with Gasteiger partial charge < -0.3 is 18.9 Å². The van der Waals surface area contributed by atoms with Crippen LogP contribution in [0.25, 0.3) is 0 Å². The first kappa shape index (κ1) is 12.0. The van der Waals surface area contributed by atoms with Crippen molar-refractivity contribution in [3.8, 4) is 5.75 Å². The summed E-state index contributed by atoms with van der Waals surface area (Å²) in [5.74, 6) is -0.560. The van der Waals surface area contributed by atoms with Gasteiger partial charge in [-0.1, -0.05) is 12.1 Å². The summed E-state index contributed by atoms with van der Waals surface area (Å²) in [4.78, 5) is 0. The first-order valence-corrected chi connectivity index (χ1v) is 4.53. The number of methoxy groups -OCH3 is 4. The van der Waals surface area contributed by atoms with Crippen molar-refractivity contribution >= 4 is 0 Å². The van der Waals surface area contributed by atoms with Crippen LogP contribution in [-0.2, 0) is 20.2 Å². The third-order valence-electron chi connectivity index (χ3n) is 2.24. The molecule has 84 valence electrons. The average Bonchev–Trinajstić information content (AvgIpc) is 2.33. The molecule has 0 bridgehead atoms. The van der Waals surface area contributed by atoms with Crippen molar-refractivity contribution < 1.29 is 18.9 Å². The van der Waals surface area contributed by atoms with Crippen LogP contribution in [0.1, 0.15) is 5.56 Å². The molecule has 0 radical (unpaired) electrons. The van der Waals surface area contributed by atoms with Gasteiger partial charge in [-0.2, -0.15) is 0 Å². The van der Waals surface area contributed by atoms with Crippen LogP contribution >= 0.6 is 0 Å². The van der Waals surface area contributed by atoms with E-state index in [0.29, 0.717) is 11.3 Å². The molecule has 0 saturated carbocycles. The van der Waals surface area contributed by atoms with Crippen LogP contribution in [0.15, 0.2) is 24.3 Å². The lowest BCUT2D eigenvalue weighted by Gasteiger charge is -2.29. The van der Waals surface area contributed by atoms with Crippen molar-refractivity contribution in [3.05, 3.63) is 29.8 Å². The van der Waals surface area contributed by atoms with E-state index in [1.165, 1.54) is 21.3 Å². The van der Waals surface area contributed by atoms with Crippen molar-refractivity contribution in [2.24, 2.45) is 0 Å². The number of rotatable bonds is 5. The molecule has 0 heterocycles. The smallest absolute Gasteiger partial charge is 0.314 e. The summed E-state index contributed by atoms with van der Waals surface area (Å²) in [5.41, 5.74) is 0.694. The van der Waals surface area contributed by atoms with Gasteiger partial charge in [-0.05, 0) is 12.1 Å². The molecule has 0 spiro atoms. The zero-order valence-corrected chi connectivity index (χ0v) is 9.44. The molecule has 0 N–H and O–H groups in total. The quantitative estimate of drug-likeness (QED) is 0.697. The molecule has 0 fully saturated rings. The highest BCUT2D eigenvalue weighted by molar-refractivity contribution is 5.35. The van der Waals surface area contributed by atoms with E-state index >= 15 is 0 Å². The van der Waals surface area contributed by atoms with Gasteiger partial charge in [0.1, 0.15) is 5.75 Å². The Labute approximate surface area is 89.7 Å². The number of ether oxygens (including phenoxy) is 4. The molecule has 4 nitrogen and oxygen atoms in total. The predicted octanol–water partition coefficient (Wildman–Crippen LogP) is 1.74. The van der Waals surface area contributed by atoms with Crippen molar-refractivity contribution in [1.82, 2.24) is 0 Å². The maximum atomic E-state index is 5.24. The summed E-state index contributed by atoms with van der Waals surface area (Å²) in [6.07, 6.45) is 0. The van der Waals surface area contributed by atoms with Crippen LogP contribution in [0.3, 0.4) is 0 Å². The summed E-state index contributed by atoms with van der Waals surface area (Å²) in [6.45, 7) is 0. The third-order valence-corrected chi connectivity index (χ3v) is 2.24. The number of hydrogen-bond donors (Lipinski definition) is 0. The Hall–Kier alpha value is -1.10. The highest BCUT2D eigenvalue weighted by Gasteiger charge is 2.35. The molecule has 0 atom stereocenters. The normalized spacial score (nSPS) is 11.5. The van der Waals surface area contributed by atoms with Crippen LogP contribution < -0.4 is 4.74 Å². The van der Waals surface area contributed by atoms with Gasteiger partial charge in [-0.3, -0.25) is 0 Å². The second-order valence-corrected chi connectivity index (χ2v) is 2.87. The molecule has 0 aliphatic carbocycles. The fourth-order valence-electron chi connectivity index (χ4n) is 1.48. The largest absolute Gasteiger partial charge is 0.496 e. The Morgan fingerprint density at radius 3 is 1.87 bits per heavy atom. The first-order chi connectivity index (χ1) is 7.24. The summed E-state index contributed by atoms with van der Waals surface area (Å²) >= 11 is 0. The van der Waals surface area contributed by atoms with Crippen molar-refractivity contribution in [2.75, 3.05) is 28.4 Å². The molecule has 0 aliphatic heterocycles. The molecular weight excluding hydrogens is 196 g/mol. The highest BCUT2D eigenvalue weighted by atomic mass is 16.9. The minimum absolute atomic E-state index is 0.656. The third kappa shape index (κ3) is 2.12. The Morgan fingerprint density at radius 1 is 0.867 bits per heavy atom. The molecule has 1 aromatic carbocycles. The van der Waals surface area contributed by atoms with Gasteiger partial charge >= 0.3 is 5.97 Å². The van der Waals surface area contributed by atoms with Gasteiger partial charge in [-0.25, -0.2) is 0 Å². The van der Waals surface area contributed by atoms with Crippen molar-refractivity contribution in [3.63, 3.8) is 0 Å². The topological polar surface area (TPSA) is 36.9 Å². The van der Waals surface area contributed by atoms with Gasteiger partial charge in [-0.15, -0.1) is 0 Å². The Morgan fingerprint density at radius 2 is 1.40 bits per heavy atom. The van der Waals surface area contributed by atoms with Gasteiger partial charge in [0.2, 0.25) is 0 Å². The van der Waals surface area contributed by atoms with E-state index in [9.17, 15) is 0 Å².